The van der Waals surface area contributed by atoms with Crippen LogP contribution in [-0.4, -0.2) is 4.98 Å². The van der Waals surface area contributed by atoms with Crippen LogP contribution in [0.1, 0.15) is 11.1 Å². The molecule has 1 aromatic carbocycles. The molecule has 0 fully saturated rings. The molecule has 0 radical (unpaired) electrons. The number of halogens is 3. The first-order valence-corrected chi connectivity index (χ1v) is 4.59. The lowest BCUT2D eigenvalue weighted by atomic mass is 10.1. The molecule has 0 spiro atoms. The minimum absolute atomic E-state index is 0.0205. The van der Waals surface area contributed by atoms with E-state index < -0.39 is 17.3 Å². The van der Waals surface area contributed by atoms with Crippen LogP contribution < -0.4 is 5.56 Å². The third-order valence-corrected chi connectivity index (χ3v) is 2.30. The van der Waals surface area contributed by atoms with Crippen LogP contribution in [0.3, 0.4) is 0 Å². The Morgan fingerprint density at radius 3 is 2.50 bits per heavy atom. The zero-order chi connectivity index (χ0) is 11.9. The smallest absolute Gasteiger partial charge is 0.322 e. The second-order valence-corrected chi connectivity index (χ2v) is 3.59. The summed E-state index contributed by atoms with van der Waals surface area (Å²) in [6.45, 7) is 1.70. The van der Waals surface area contributed by atoms with Gasteiger partial charge >= 0.3 is 6.18 Å². The quantitative estimate of drug-likeness (QED) is 0.737. The lowest BCUT2D eigenvalue weighted by Gasteiger charge is -2.10. The second-order valence-electron chi connectivity index (χ2n) is 3.59. The number of H-pyrrole nitrogens is 1. The molecule has 84 valence electrons. The molecule has 0 saturated carbocycles. The Kier molecular flexibility index (Phi) is 2.26. The van der Waals surface area contributed by atoms with Gasteiger partial charge < -0.3 is 4.98 Å². The Labute approximate surface area is 88.7 Å². The molecule has 0 unspecified atom stereocenters. The lowest BCUT2D eigenvalue weighted by Crippen LogP contribution is -2.13. The van der Waals surface area contributed by atoms with Crippen molar-refractivity contribution in [1.29, 1.82) is 0 Å². The summed E-state index contributed by atoms with van der Waals surface area (Å²) in [5.74, 6) is 0. The summed E-state index contributed by atoms with van der Waals surface area (Å²) >= 11 is 0. The number of pyridine rings is 1. The average molecular weight is 227 g/mol. The van der Waals surface area contributed by atoms with Gasteiger partial charge in [0.15, 0.2) is 0 Å². The zero-order valence-electron chi connectivity index (χ0n) is 8.35. The van der Waals surface area contributed by atoms with Crippen LogP contribution in [0, 0.1) is 6.92 Å². The van der Waals surface area contributed by atoms with Crippen LogP contribution in [0.15, 0.2) is 29.1 Å². The Morgan fingerprint density at radius 1 is 1.19 bits per heavy atom. The highest BCUT2D eigenvalue weighted by atomic mass is 19.4. The number of hydrogen-bond acceptors (Lipinski definition) is 1. The van der Waals surface area contributed by atoms with Gasteiger partial charge in [0.05, 0.1) is 5.56 Å². The van der Waals surface area contributed by atoms with E-state index in [1.807, 2.05) is 0 Å². The first-order valence-electron chi connectivity index (χ1n) is 4.59. The van der Waals surface area contributed by atoms with Crippen molar-refractivity contribution in [3.05, 3.63) is 45.7 Å². The van der Waals surface area contributed by atoms with E-state index in [9.17, 15) is 18.0 Å². The van der Waals surface area contributed by atoms with Gasteiger partial charge in [-0.25, -0.2) is 0 Å². The molecule has 1 aromatic heterocycles. The van der Waals surface area contributed by atoms with Crippen LogP contribution in [-0.2, 0) is 6.18 Å². The van der Waals surface area contributed by atoms with E-state index in [2.05, 4.69) is 4.98 Å². The molecular formula is C11H8F3NO. The second kappa shape index (κ2) is 3.37. The molecule has 0 saturated heterocycles. The summed E-state index contributed by atoms with van der Waals surface area (Å²) in [5.41, 5.74) is -0.728. The molecule has 1 heterocycles. The molecule has 0 aliphatic carbocycles. The maximum atomic E-state index is 12.7. The van der Waals surface area contributed by atoms with Crippen LogP contribution in [0.2, 0.25) is 0 Å². The first kappa shape index (κ1) is 10.7. The summed E-state index contributed by atoms with van der Waals surface area (Å²) in [6.07, 6.45) is -4.51. The lowest BCUT2D eigenvalue weighted by molar-refractivity contribution is -0.136. The van der Waals surface area contributed by atoms with E-state index >= 15 is 0 Å². The van der Waals surface area contributed by atoms with Crippen LogP contribution in [0.4, 0.5) is 13.2 Å². The zero-order valence-corrected chi connectivity index (χ0v) is 8.35. The molecule has 0 aliphatic heterocycles. The van der Waals surface area contributed by atoms with Gasteiger partial charge in [0, 0.05) is 17.0 Å². The predicted octanol–water partition coefficient (Wildman–Crippen LogP) is 2.86. The van der Waals surface area contributed by atoms with Crippen molar-refractivity contribution in [3.8, 4) is 0 Å². The van der Waals surface area contributed by atoms with Crippen LogP contribution in [0.25, 0.3) is 10.9 Å². The number of hydrogen-bond donors (Lipinski definition) is 1. The molecule has 0 bridgehead atoms. The molecule has 2 rings (SSSR count). The Hall–Kier alpha value is -1.78. The number of benzene rings is 1. The third-order valence-electron chi connectivity index (χ3n) is 2.30. The SMILES string of the molecule is Cc1ccc2[nH]c(=O)cc(C(F)(F)F)c2c1. The summed E-state index contributed by atoms with van der Waals surface area (Å²) < 4.78 is 38.0. The van der Waals surface area contributed by atoms with Gasteiger partial charge in [0.25, 0.3) is 0 Å². The summed E-state index contributed by atoms with van der Waals surface area (Å²) in [5, 5.41) is 0.0205. The van der Waals surface area contributed by atoms with Gasteiger partial charge in [-0.15, -0.1) is 0 Å². The van der Waals surface area contributed by atoms with E-state index in [1.54, 1.807) is 13.0 Å². The van der Waals surface area contributed by atoms with Gasteiger partial charge in [0.1, 0.15) is 0 Å². The first-order chi connectivity index (χ1) is 7.38. The highest BCUT2D eigenvalue weighted by Gasteiger charge is 2.33. The summed E-state index contributed by atoms with van der Waals surface area (Å²) in [4.78, 5) is 13.5. The van der Waals surface area contributed by atoms with Gasteiger partial charge in [-0.05, 0) is 19.1 Å². The summed E-state index contributed by atoms with van der Waals surface area (Å²) in [7, 11) is 0. The maximum absolute atomic E-state index is 12.7. The Balaban J connectivity index is 2.91. The standard InChI is InChI=1S/C11H8F3NO/c1-6-2-3-9-7(4-6)8(11(12,13)14)5-10(16)15-9/h2-5H,1H3,(H,15,16). The van der Waals surface area contributed by atoms with Gasteiger partial charge in [-0.1, -0.05) is 11.6 Å². The Morgan fingerprint density at radius 2 is 1.88 bits per heavy atom. The average Bonchev–Trinajstić information content (AvgIpc) is 2.16. The van der Waals surface area contributed by atoms with Crippen LogP contribution in [0.5, 0.6) is 0 Å². The van der Waals surface area contributed by atoms with E-state index in [1.165, 1.54) is 12.1 Å². The molecule has 5 heteroatoms. The molecule has 0 amide bonds. The van der Waals surface area contributed by atoms with Crippen molar-refractivity contribution in [2.75, 3.05) is 0 Å². The highest BCUT2D eigenvalue weighted by molar-refractivity contribution is 5.83. The molecule has 0 atom stereocenters. The molecule has 0 aliphatic rings. The number of aromatic nitrogens is 1. The van der Waals surface area contributed by atoms with Gasteiger partial charge in [-0.3, -0.25) is 4.79 Å². The highest BCUT2D eigenvalue weighted by Crippen LogP contribution is 2.33. The fraction of sp³-hybridized carbons (Fsp3) is 0.182. The largest absolute Gasteiger partial charge is 0.417 e. The molecule has 2 nitrogen and oxygen atoms in total. The normalized spacial score (nSPS) is 12.0. The van der Waals surface area contributed by atoms with Crippen LogP contribution >= 0.6 is 0 Å². The third kappa shape index (κ3) is 1.80. The van der Waals surface area contributed by atoms with Crippen molar-refractivity contribution >= 4 is 10.9 Å². The predicted molar refractivity (Wildman–Crippen MR) is 54.3 cm³/mol. The van der Waals surface area contributed by atoms with E-state index in [0.717, 1.165) is 0 Å². The molecular weight excluding hydrogens is 219 g/mol. The monoisotopic (exact) mass is 227 g/mol. The number of rotatable bonds is 0. The van der Waals surface area contributed by atoms with E-state index in [4.69, 9.17) is 0 Å². The number of aromatic amines is 1. The van der Waals surface area contributed by atoms with Crippen molar-refractivity contribution in [1.82, 2.24) is 4.98 Å². The minimum Gasteiger partial charge on any atom is -0.322 e. The fourth-order valence-electron chi connectivity index (χ4n) is 1.60. The Bertz CT molecular complexity index is 598. The molecule has 2 aromatic rings. The number of fused-ring (bicyclic) bond motifs is 1. The number of nitrogens with one attached hydrogen (secondary N) is 1. The van der Waals surface area contributed by atoms with Gasteiger partial charge in [-0.2, -0.15) is 13.2 Å². The minimum atomic E-state index is -4.51. The number of alkyl halides is 3. The van der Waals surface area contributed by atoms with Gasteiger partial charge in [0.2, 0.25) is 5.56 Å². The van der Waals surface area contributed by atoms with Crippen molar-refractivity contribution in [2.24, 2.45) is 0 Å². The van der Waals surface area contributed by atoms with E-state index in [-0.39, 0.29) is 10.9 Å². The van der Waals surface area contributed by atoms with Crippen molar-refractivity contribution in [2.45, 2.75) is 13.1 Å². The maximum Gasteiger partial charge on any atom is 0.417 e. The fourth-order valence-corrected chi connectivity index (χ4v) is 1.60. The van der Waals surface area contributed by atoms with Crippen molar-refractivity contribution in [3.63, 3.8) is 0 Å². The van der Waals surface area contributed by atoms with Crippen molar-refractivity contribution < 1.29 is 13.2 Å². The topological polar surface area (TPSA) is 32.9 Å². The van der Waals surface area contributed by atoms with E-state index in [0.29, 0.717) is 11.6 Å². The molecule has 1 N–H and O–H groups in total. The number of aryl methyl sites for hydroxylation is 1. The summed E-state index contributed by atoms with van der Waals surface area (Å²) in [6, 6.07) is 5.12. The molecule has 16 heavy (non-hydrogen) atoms.